The average Bonchev–Trinajstić information content (AvgIpc) is 2.69. The molecule has 2 N–H and O–H groups in total. The van der Waals surface area contributed by atoms with Gasteiger partial charge in [0.25, 0.3) is 5.91 Å². The van der Waals surface area contributed by atoms with Gasteiger partial charge < -0.3 is 15.2 Å². The highest BCUT2D eigenvalue weighted by Crippen LogP contribution is 2.22. The Hall–Kier alpha value is -3.60. The maximum Gasteiger partial charge on any atom is 0.338 e. The highest BCUT2D eigenvalue weighted by atomic mass is 16.5. The number of carbonyl (C=O) groups excluding carboxylic acids is 2. The first-order valence-electron chi connectivity index (χ1n) is 8.45. The number of rotatable bonds is 5. The molecule has 0 unspecified atom stereocenters. The highest BCUT2D eigenvalue weighted by Gasteiger charge is 2.11. The predicted molar refractivity (Wildman–Crippen MR) is 104 cm³/mol. The number of phenolic OH excluding ortho intramolecular Hbond substituents is 1. The van der Waals surface area contributed by atoms with E-state index in [1.54, 1.807) is 54.6 Å². The van der Waals surface area contributed by atoms with Gasteiger partial charge in [-0.1, -0.05) is 42.5 Å². The van der Waals surface area contributed by atoms with Crippen LogP contribution in [0, 0.1) is 6.92 Å². The average molecular weight is 361 g/mol. The number of aryl methyl sites for hydroxylation is 1. The number of carbonyl (C=O) groups is 2. The summed E-state index contributed by atoms with van der Waals surface area (Å²) in [4.78, 5) is 24.1. The topological polar surface area (TPSA) is 75.6 Å². The van der Waals surface area contributed by atoms with Crippen LogP contribution in [-0.4, -0.2) is 23.6 Å². The smallest absolute Gasteiger partial charge is 0.338 e. The zero-order valence-corrected chi connectivity index (χ0v) is 14.8. The number of amides is 1. The lowest BCUT2D eigenvalue weighted by molar-refractivity contribution is -0.119. The Morgan fingerprint density at radius 3 is 2.11 bits per heavy atom. The molecule has 0 spiro atoms. The normalized spacial score (nSPS) is 10.3. The third-order valence-electron chi connectivity index (χ3n) is 4.07. The summed E-state index contributed by atoms with van der Waals surface area (Å²) in [6, 6.07) is 21.0. The van der Waals surface area contributed by atoms with Crippen LogP contribution < -0.4 is 5.32 Å². The molecule has 0 heterocycles. The van der Waals surface area contributed by atoms with Gasteiger partial charge in [0, 0.05) is 5.69 Å². The molecule has 0 fully saturated rings. The van der Waals surface area contributed by atoms with Gasteiger partial charge in [0.05, 0.1) is 5.56 Å². The minimum absolute atomic E-state index is 0.197. The van der Waals surface area contributed by atoms with Gasteiger partial charge in [-0.3, -0.25) is 4.79 Å². The third kappa shape index (κ3) is 4.73. The summed E-state index contributed by atoms with van der Waals surface area (Å²) in [6.45, 7) is 1.53. The minimum atomic E-state index is -0.563. The van der Waals surface area contributed by atoms with Crippen LogP contribution in [-0.2, 0) is 9.53 Å². The molecule has 27 heavy (non-hydrogen) atoms. The first kappa shape index (κ1) is 18.2. The number of hydrogen-bond donors (Lipinski definition) is 2. The van der Waals surface area contributed by atoms with E-state index in [9.17, 15) is 14.7 Å². The Labute approximate surface area is 157 Å². The van der Waals surface area contributed by atoms with Crippen molar-refractivity contribution in [2.24, 2.45) is 0 Å². The van der Waals surface area contributed by atoms with Gasteiger partial charge in [0.2, 0.25) is 0 Å². The number of ether oxygens (including phenoxy) is 1. The maximum atomic E-state index is 12.1. The lowest BCUT2D eigenvalue weighted by Gasteiger charge is -2.09. The predicted octanol–water partition coefficient (Wildman–Crippen LogP) is 4.16. The first-order valence-corrected chi connectivity index (χ1v) is 8.45. The molecule has 3 aromatic rings. The summed E-state index contributed by atoms with van der Waals surface area (Å²) >= 11 is 0. The number of hydrogen-bond acceptors (Lipinski definition) is 4. The highest BCUT2D eigenvalue weighted by molar-refractivity contribution is 5.96. The first-order chi connectivity index (χ1) is 13.0. The van der Waals surface area contributed by atoms with Gasteiger partial charge in [-0.25, -0.2) is 4.79 Å². The zero-order chi connectivity index (χ0) is 19.2. The lowest BCUT2D eigenvalue weighted by atomic mass is 10.0. The SMILES string of the molecule is Cc1ccccc1NC(=O)COC(=O)c1ccc(-c2ccc(O)cc2)cc1. The molecule has 0 saturated heterocycles. The Morgan fingerprint density at radius 1 is 0.889 bits per heavy atom. The summed E-state index contributed by atoms with van der Waals surface area (Å²) in [5, 5.41) is 12.1. The summed E-state index contributed by atoms with van der Waals surface area (Å²) in [5.41, 5.74) is 3.81. The molecule has 5 nitrogen and oxygen atoms in total. The van der Waals surface area contributed by atoms with E-state index in [0.29, 0.717) is 11.3 Å². The van der Waals surface area contributed by atoms with Crippen LogP contribution in [0.2, 0.25) is 0 Å². The Bertz CT molecular complexity index is 947. The fraction of sp³-hybridized carbons (Fsp3) is 0.0909. The summed E-state index contributed by atoms with van der Waals surface area (Å²) in [7, 11) is 0. The summed E-state index contributed by atoms with van der Waals surface area (Å²) in [5.74, 6) is -0.756. The molecule has 0 aliphatic carbocycles. The van der Waals surface area contributed by atoms with E-state index < -0.39 is 11.9 Å². The molecule has 5 heteroatoms. The number of phenols is 1. The van der Waals surface area contributed by atoms with Gasteiger partial charge in [-0.2, -0.15) is 0 Å². The van der Waals surface area contributed by atoms with E-state index in [1.807, 2.05) is 25.1 Å². The molecule has 1 amide bonds. The van der Waals surface area contributed by atoms with Crippen molar-refractivity contribution >= 4 is 17.6 Å². The fourth-order valence-corrected chi connectivity index (χ4v) is 2.57. The lowest BCUT2D eigenvalue weighted by Crippen LogP contribution is -2.21. The molecule has 3 rings (SSSR count). The summed E-state index contributed by atoms with van der Waals surface area (Å²) in [6.07, 6.45) is 0. The molecule has 0 aromatic heterocycles. The number of esters is 1. The quantitative estimate of drug-likeness (QED) is 0.669. The van der Waals surface area contributed by atoms with E-state index in [-0.39, 0.29) is 12.4 Å². The van der Waals surface area contributed by atoms with Gasteiger partial charge in [0.15, 0.2) is 6.61 Å². The van der Waals surface area contributed by atoms with E-state index >= 15 is 0 Å². The van der Waals surface area contributed by atoms with Crippen molar-refractivity contribution in [2.45, 2.75) is 6.92 Å². The molecular formula is C22H19NO4. The van der Waals surface area contributed by atoms with Crippen LogP contribution >= 0.6 is 0 Å². The molecule has 0 aliphatic rings. The van der Waals surface area contributed by atoms with Crippen LogP contribution in [0.1, 0.15) is 15.9 Å². The standard InChI is InChI=1S/C22H19NO4/c1-15-4-2-3-5-20(15)23-21(25)14-27-22(26)18-8-6-16(7-9-18)17-10-12-19(24)13-11-17/h2-13,24H,14H2,1H3,(H,23,25). The second-order valence-corrected chi connectivity index (χ2v) is 6.06. The molecule has 0 saturated carbocycles. The molecule has 0 aliphatic heterocycles. The number of anilines is 1. The van der Waals surface area contributed by atoms with Crippen molar-refractivity contribution in [1.82, 2.24) is 0 Å². The zero-order valence-electron chi connectivity index (χ0n) is 14.8. The molecule has 0 bridgehead atoms. The molecule has 0 atom stereocenters. The van der Waals surface area contributed by atoms with Crippen molar-refractivity contribution in [1.29, 1.82) is 0 Å². The van der Waals surface area contributed by atoms with E-state index in [2.05, 4.69) is 5.32 Å². The Kier molecular flexibility index (Phi) is 5.52. The van der Waals surface area contributed by atoms with Crippen molar-refractivity contribution in [3.05, 3.63) is 83.9 Å². The van der Waals surface area contributed by atoms with E-state index in [4.69, 9.17) is 4.74 Å². The largest absolute Gasteiger partial charge is 0.508 e. The number of nitrogens with one attached hydrogen (secondary N) is 1. The monoisotopic (exact) mass is 361 g/mol. The summed E-state index contributed by atoms with van der Waals surface area (Å²) < 4.78 is 5.08. The van der Waals surface area contributed by atoms with E-state index in [1.165, 1.54) is 0 Å². The second kappa shape index (κ2) is 8.19. The van der Waals surface area contributed by atoms with Crippen molar-refractivity contribution < 1.29 is 19.4 Å². The Morgan fingerprint density at radius 2 is 1.48 bits per heavy atom. The minimum Gasteiger partial charge on any atom is -0.508 e. The maximum absolute atomic E-state index is 12.1. The van der Waals surface area contributed by atoms with Gasteiger partial charge in [-0.15, -0.1) is 0 Å². The number of benzene rings is 3. The second-order valence-electron chi connectivity index (χ2n) is 6.06. The third-order valence-corrected chi connectivity index (χ3v) is 4.07. The fourth-order valence-electron chi connectivity index (χ4n) is 2.57. The van der Waals surface area contributed by atoms with Crippen molar-refractivity contribution in [2.75, 3.05) is 11.9 Å². The van der Waals surface area contributed by atoms with Crippen LogP contribution in [0.3, 0.4) is 0 Å². The van der Waals surface area contributed by atoms with Crippen LogP contribution in [0.4, 0.5) is 5.69 Å². The van der Waals surface area contributed by atoms with Crippen molar-refractivity contribution in [3.8, 4) is 16.9 Å². The molecular weight excluding hydrogens is 342 g/mol. The van der Waals surface area contributed by atoms with Crippen LogP contribution in [0.25, 0.3) is 11.1 Å². The van der Waals surface area contributed by atoms with Gasteiger partial charge in [-0.05, 0) is 53.9 Å². The van der Waals surface area contributed by atoms with Crippen LogP contribution in [0.5, 0.6) is 5.75 Å². The molecule has 3 aromatic carbocycles. The van der Waals surface area contributed by atoms with Gasteiger partial charge >= 0.3 is 5.97 Å². The number of para-hydroxylation sites is 1. The van der Waals surface area contributed by atoms with Gasteiger partial charge in [0.1, 0.15) is 5.75 Å². The van der Waals surface area contributed by atoms with E-state index in [0.717, 1.165) is 16.7 Å². The van der Waals surface area contributed by atoms with Crippen LogP contribution in [0.15, 0.2) is 72.8 Å². The molecule has 0 radical (unpaired) electrons. The van der Waals surface area contributed by atoms with Crippen molar-refractivity contribution in [3.63, 3.8) is 0 Å². The molecule has 136 valence electrons. The number of aromatic hydroxyl groups is 1. The Balaban J connectivity index is 1.57.